The van der Waals surface area contributed by atoms with Crippen molar-refractivity contribution in [1.29, 1.82) is 0 Å². The molecule has 0 aromatic heterocycles. The number of nitrogens with zero attached hydrogens (tertiary/aromatic N) is 1. The van der Waals surface area contributed by atoms with Gasteiger partial charge in [0, 0.05) is 24.6 Å². The van der Waals surface area contributed by atoms with Gasteiger partial charge < -0.3 is 14.7 Å². The Bertz CT molecular complexity index is 487. The first-order chi connectivity index (χ1) is 9.56. The standard InChI is InChI=1S/C16H23NO3/c1-4-12-10-17(8-7-14(12)18)16(19)13-6-5-11(2)15(9-13)20-3/h5-6,9,12,14,18H,4,7-8,10H2,1-3H3. The van der Waals surface area contributed by atoms with Gasteiger partial charge in [0.15, 0.2) is 0 Å². The molecular weight excluding hydrogens is 254 g/mol. The van der Waals surface area contributed by atoms with Crippen LogP contribution in [-0.4, -0.2) is 42.2 Å². The van der Waals surface area contributed by atoms with Gasteiger partial charge in [-0.25, -0.2) is 0 Å². The molecule has 0 bridgehead atoms. The van der Waals surface area contributed by atoms with Crippen molar-refractivity contribution in [2.45, 2.75) is 32.8 Å². The average molecular weight is 277 g/mol. The third kappa shape index (κ3) is 2.96. The minimum absolute atomic E-state index is 0.0219. The molecule has 4 heteroatoms. The van der Waals surface area contributed by atoms with Crippen LogP contribution in [0.4, 0.5) is 0 Å². The van der Waals surface area contributed by atoms with E-state index in [1.807, 2.05) is 24.0 Å². The number of ether oxygens (including phenoxy) is 1. The van der Waals surface area contributed by atoms with Crippen molar-refractivity contribution in [3.05, 3.63) is 29.3 Å². The Labute approximate surface area is 120 Å². The van der Waals surface area contributed by atoms with Crippen LogP contribution in [0.15, 0.2) is 18.2 Å². The summed E-state index contributed by atoms with van der Waals surface area (Å²) in [6, 6.07) is 5.54. The molecule has 1 aromatic carbocycles. The summed E-state index contributed by atoms with van der Waals surface area (Å²) in [5.74, 6) is 0.939. The monoisotopic (exact) mass is 277 g/mol. The van der Waals surface area contributed by atoms with Gasteiger partial charge in [0.2, 0.25) is 0 Å². The molecule has 4 nitrogen and oxygen atoms in total. The molecule has 0 spiro atoms. The lowest BCUT2D eigenvalue weighted by Gasteiger charge is -2.35. The number of aliphatic hydroxyl groups is 1. The second-order valence-corrected chi connectivity index (χ2v) is 5.46. The topological polar surface area (TPSA) is 49.8 Å². The van der Waals surface area contributed by atoms with E-state index in [1.165, 1.54) is 0 Å². The fourth-order valence-corrected chi connectivity index (χ4v) is 2.74. The maximum absolute atomic E-state index is 12.5. The minimum atomic E-state index is -0.281. The number of piperidine rings is 1. The van der Waals surface area contributed by atoms with Crippen molar-refractivity contribution in [2.24, 2.45) is 5.92 Å². The molecule has 0 saturated carbocycles. The predicted octanol–water partition coefficient (Wildman–Crippen LogP) is 2.24. The first kappa shape index (κ1) is 14.9. The van der Waals surface area contributed by atoms with Crippen molar-refractivity contribution < 1.29 is 14.6 Å². The molecule has 0 radical (unpaired) electrons. The van der Waals surface area contributed by atoms with Crippen LogP contribution in [0, 0.1) is 12.8 Å². The largest absolute Gasteiger partial charge is 0.496 e. The van der Waals surface area contributed by atoms with Gasteiger partial charge in [-0.1, -0.05) is 13.0 Å². The highest BCUT2D eigenvalue weighted by molar-refractivity contribution is 5.94. The van der Waals surface area contributed by atoms with Gasteiger partial charge in [0.25, 0.3) is 5.91 Å². The second-order valence-electron chi connectivity index (χ2n) is 5.46. The Morgan fingerprint density at radius 2 is 2.25 bits per heavy atom. The number of aryl methyl sites for hydroxylation is 1. The van der Waals surface area contributed by atoms with E-state index in [2.05, 4.69) is 6.92 Å². The van der Waals surface area contributed by atoms with Crippen LogP contribution in [-0.2, 0) is 0 Å². The normalized spacial score (nSPS) is 22.7. The third-order valence-corrected chi connectivity index (χ3v) is 4.16. The van der Waals surface area contributed by atoms with Crippen LogP contribution in [0.3, 0.4) is 0 Å². The molecule has 1 N–H and O–H groups in total. The van der Waals surface area contributed by atoms with Gasteiger partial charge >= 0.3 is 0 Å². The fourth-order valence-electron chi connectivity index (χ4n) is 2.74. The Hall–Kier alpha value is -1.55. The van der Waals surface area contributed by atoms with E-state index >= 15 is 0 Å². The molecular formula is C16H23NO3. The Kier molecular flexibility index (Phi) is 4.65. The Balaban J connectivity index is 2.15. The molecule has 0 aliphatic carbocycles. The number of aliphatic hydroxyl groups excluding tert-OH is 1. The molecule has 1 aliphatic heterocycles. The van der Waals surface area contributed by atoms with Crippen molar-refractivity contribution >= 4 is 5.91 Å². The van der Waals surface area contributed by atoms with E-state index < -0.39 is 0 Å². The number of likely N-dealkylation sites (tertiary alicyclic amines) is 1. The van der Waals surface area contributed by atoms with E-state index in [-0.39, 0.29) is 17.9 Å². The van der Waals surface area contributed by atoms with Crippen molar-refractivity contribution in [1.82, 2.24) is 4.90 Å². The minimum Gasteiger partial charge on any atom is -0.496 e. The quantitative estimate of drug-likeness (QED) is 0.921. The smallest absolute Gasteiger partial charge is 0.254 e. The van der Waals surface area contributed by atoms with Gasteiger partial charge in [-0.15, -0.1) is 0 Å². The summed E-state index contributed by atoms with van der Waals surface area (Å²) in [4.78, 5) is 14.4. The van der Waals surface area contributed by atoms with Crippen LogP contribution in [0.2, 0.25) is 0 Å². The van der Waals surface area contributed by atoms with Gasteiger partial charge in [-0.3, -0.25) is 4.79 Å². The Morgan fingerprint density at radius 1 is 1.50 bits per heavy atom. The summed E-state index contributed by atoms with van der Waals surface area (Å²) < 4.78 is 5.27. The summed E-state index contributed by atoms with van der Waals surface area (Å²) in [6.45, 7) is 5.26. The van der Waals surface area contributed by atoms with E-state index in [1.54, 1.807) is 13.2 Å². The SMILES string of the molecule is CCC1CN(C(=O)c2ccc(C)c(OC)c2)CCC1O. The summed E-state index contributed by atoms with van der Waals surface area (Å²) >= 11 is 0. The highest BCUT2D eigenvalue weighted by Gasteiger charge is 2.29. The number of methoxy groups -OCH3 is 1. The van der Waals surface area contributed by atoms with Crippen LogP contribution in [0.5, 0.6) is 5.75 Å². The molecule has 1 heterocycles. The fraction of sp³-hybridized carbons (Fsp3) is 0.562. The van der Waals surface area contributed by atoms with E-state index in [4.69, 9.17) is 4.74 Å². The maximum atomic E-state index is 12.5. The average Bonchev–Trinajstić information content (AvgIpc) is 2.47. The van der Waals surface area contributed by atoms with Crippen molar-refractivity contribution in [2.75, 3.05) is 20.2 Å². The highest BCUT2D eigenvalue weighted by Crippen LogP contribution is 2.24. The molecule has 1 aliphatic rings. The zero-order chi connectivity index (χ0) is 14.7. The van der Waals surface area contributed by atoms with E-state index in [0.29, 0.717) is 25.1 Å². The zero-order valence-electron chi connectivity index (χ0n) is 12.4. The Morgan fingerprint density at radius 3 is 2.90 bits per heavy atom. The molecule has 1 amide bonds. The summed E-state index contributed by atoms with van der Waals surface area (Å²) in [7, 11) is 1.61. The van der Waals surface area contributed by atoms with E-state index in [0.717, 1.165) is 17.7 Å². The molecule has 1 saturated heterocycles. The number of hydrogen-bond acceptors (Lipinski definition) is 3. The van der Waals surface area contributed by atoms with Crippen molar-refractivity contribution in [3.8, 4) is 5.75 Å². The molecule has 110 valence electrons. The third-order valence-electron chi connectivity index (χ3n) is 4.16. The lowest BCUT2D eigenvalue weighted by atomic mass is 9.92. The number of amides is 1. The lowest BCUT2D eigenvalue weighted by molar-refractivity contribution is 0.0229. The maximum Gasteiger partial charge on any atom is 0.254 e. The second kappa shape index (κ2) is 6.27. The molecule has 1 aromatic rings. The lowest BCUT2D eigenvalue weighted by Crippen LogP contribution is -2.45. The number of benzene rings is 1. The summed E-state index contributed by atoms with van der Waals surface area (Å²) in [5, 5.41) is 9.90. The van der Waals surface area contributed by atoms with Gasteiger partial charge in [0.1, 0.15) is 5.75 Å². The predicted molar refractivity (Wildman–Crippen MR) is 78.0 cm³/mol. The molecule has 20 heavy (non-hydrogen) atoms. The van der Waals surface area contributed by atoms with Crippen LogP contribution < -0.4 is 4.74 Å². The first-order valence-corrected chi connectivity index (χ1v) is 7.18. The molecule has 2 rings (SSSR count). The van der Waals surface area contributed by atoms with Gasteiger partial charge in [-0.05, 0) is 37.5 Å². The molecule has 2 unspecified atom stereocenters. The number of carbonyl (C=O) groups is 1. The van der Waals surface area contributed by atoms with Crippen LogP contribution in [0.25, 0.3) is 0 Å². The van der Waals surface area contributed by atoms with E-state index in [9.17, 15) is 9.90 Å². The summed E-state index contributed by atoms with van der Waals surface area (Å²) in [6.07, 6.45) is 1.27. The number of hydrogen-bond donors (Lipinski definition) is 1. The number of rotatable bonds is 3. The van der Waals surface area contributed by atoms with Crippen LogP contribution >= 0.6 is 0 Å². The first-order valence-electron chi connectivity index (χ1n) is 7.18. The summed E-state index contributed by atoms with van der Waals surface area (Å²) in [5.41, 5.74) is 1.67. The molecule has 2 atom stereocenters. The molecule has 1 fully saturated rings. The van der Waals surface area contributed by atoms with Gasteiger partial charge in [-0.2, -0.15) is 0 Å². The van der Waals surface area contributed by atoms with Crippen LogP contribution in [0.1, 0.15) is 35.7 Å². The van der Waals surface area contributed by atoms with Crippen molar-refractivity contribution in [3.63, 3.8) is 0 Å². The highest BCUT2D eigenvalue weighted by atomic mass is 16.5. The van der Waals surface area contributed by atoms with Gasteiger partial charge in [0.05, 0.1) is 13.2 Å². The zero-order valence-corrected chi connectivity index (χ0v) is 12.4. The number of carbonyl (C=O) groups excluding carboxylic acids is 1.